The Morgan fingerprint density at radius 3 is 2.62 bits per heavy atom. The van der Waals surface area contributed by atoms with Crippen LogP contribution in [0.5, 0.6) is 11.5 Å². The molecule has 1 heterocycles. The number of carbonyl (C=O) groups excluding carboxylic acids is 1. The lowest BCUT2D eigenvalue weighted by Gasteiger charge is -2.25. The summed E-state index contributed by atoms with van der Waals surface area (Å²) in [4.78, 5) is 16.0. The molecule has 5 heteroatoms. The van der Waals surface area contributed by atoms with E-state index in [2.05, 4.69) is 24.1 Å². The van der Waals surface area contributed by atoms with Crippen LogP contribution in [0, 0.1) is 0 Å². The summed E-state index contributed by atoms with van der Waals surface area (Å²) in [5.74, 6) is 0.252. The molecule has 2 rings (SSSR count). The molecule has 0 aliphatic rings. The van der Waals surface area contributed by atoms with Gasteiger partial charge >= 0.3 is 0 Å². The molecule has 2 aromatic rings. The molecule has 126 valence electrons. The number of methoxy groups -OCH3 is 1. The molecule has 5 nitrogen and oxygen atoms in total. The van der Waals surface area contributed by atoms with Crippen molar-refractivity contribution in [1.29, 1.82) is 0 Å². The van der Waals surface area contributed by atoms with Gasteiger partial charge < -0.3 is 15.2 Å². The largest absolute Gasteiger partial charge is 0.504 e. The van der Waals surface area contributed by atoms with Crippen LogP contribution in [0.4, 0.5) is 0 Å². The summed E-state index contributed by atoms with van der Waals surface area (Å²) in [5.41, 5.74) is 1.64. The number of aromatic nitrogens is 1. The molecule has 0 atom stereocenters. The summed E-state index contributed by atoms with van der Waals surface area (Å²) < 4.78 is 4.99. The van der Waals surface area contributed by atoms with Crippen LogP contribution in [0.1, 0.15) is 25.0 Å². The van der Waals surface area contributed by atoms with E-state index in [0.717, 1.165) is 11.1 Å². The predicted octanol–water partition coefficient (Wildman–Crippen LogP) is 2.90. The second-order valence-corrected chi connectivity index (χ2v) is 6.10. The third-order valence-corrected chi connectivity index (χ3v) is 3.80. The van der Waals surface area contributed by atoms with Crippen molar-refractivity contribution in [1.82, 2.24) is 10.3 Å². The number of rotatable bonds is 6. The Kier molecular flexibility index (Phi) is 5.58. The van der Waals surface area contributed by atoms with Crippen molar-refractivity contribution < 1.29 is 14.6 Å². The normalized spacial score (nSPS) is 11.5. The second kappa shape index (κ2) is 7.64. The van der Waals surface area contributed by atoms with Gasteiger partial charge in [0, 0.05) is 30.4 Å². The number of pyridine rings is 1. The Hall–Kier alpha value is -2.82. The molecule has 24 heavy (non-hydrogen) atoms. The summed E-state index contributed by atoms with van der Waals surface area (Å²) in [6, 6.07) is 8.86. The number of amides is 1. The Morgan fingerprint density at radius 1 is 1.29 bits per heavy atom. The van der Waals surface area contributed by atoms with Gasteiger partial charge in [-0.3, -0.25) is 9.78 Å². The van der Waals surface area contributed by atoms with Gasteiger partial charge in [0.15, 0.2) is 11.5 Å². The van der Waals surface area contributed by atoms with Crippen molar-refractivity contribution in [2.75, 3.05) is 13.7 Å². The third-order valence-electron chi connectivity index (χ3n) is 3.80. The molecule has 0 bridgehead atoms. The van der Waals surface area contributed by atoms with Crippen LogP contribution in [0.2, 0.25) is 0 Å². The minimum Gasteiger partial charge on any atom is -0.504 e. The monoisotopic (exact) mass is 326 g/mol. The SMILES string of the molecule is COc1ccc(/C=C/C(=O)NCC(C)(C)c2ccncc2)cc1O. The highest BCUT2D eigenvalue weighted by Crippen LogP contribution is 2.26. The van der Waals surface area contributed by atoms with E-state index in [1.807, 2.05) is 12.1 Å². The number of phenolic OH excluding ortho intramolecular Hbond substituents is 1. The maximum atomic E-state index is 12.0. The molecule has 0 radical (unpaired) electrons. The van der Waals surface area contributed by atoms with Gasteiger partial charge in [-0.05, 0) is 41.5 Å². The number of nitrogens with zero attached hydrogens (tertiary/aromatic N) is 1. The fraction of sp³-hybridized carbons (Fsp3) is 0.263. The minimum absolute atomic E-state index is 0.0406. The highest BCUT2D eigenvalue weighted by atomic mass is 16.5. The number of nitrogens with one attached hydrogen (secondary N) is 1. The smallest absolute Gasteiger partial charge is 0.244 e. The van der Waals surface area contributed by atoms with Gasteiger partial charge in [0.05, 0.1) is 7.11 Å². The molecular weight excluding hydrogens is 304 g/mol. The Morgan fingerprint density at radius 2 is 2.00 bits per heavy atom. The van der Waals surface area contributed by atoms with Gasteiger partial charge in [0.1, 0.15) is 0 Å². The summed E-state index contributed by atoms with van der Waals surface area (Å²) in [5, 5.41) is 12.6. The van der Waals surface area contributed by atoms with E-state index < -0.39 is 0 Å². The summed E-state index contributed by atoms with van der Waals surface area (Å²) >= 11 is 0. The standard InChI is InChI=1S/C19H22N2O3/c1-19(2,15-8-10-20-11-9-15)13-21-18(23)7-5-14-4-6-17(24-3)16(22)12-14/h4-12,22H,13H2,1-3H3,(H,21,23)/b7-5+. The van der Waals surface area contributed by atoms with Gasteiger partial charge in [0.2, 0.25) is 5.91 Å². The lowest BCUT2D eigenvalue weighted by Crippen LogP contribution is -2.35. The van der Waals surface area contributed by atoms with Gasteiger partial charge in [-0.15, -0.1) is 0 Å². The number of aromatic hydroxyl groups is 1. The number of benzene rings is 1. The van der Waals surface area contributed by atoms with Crippen LogP contribution >= 0.6 is 0 Å². The molecular formula is C19H22N2O3. The highest BCUT2D eigenvalue weighted by molar-refractivity contribution is 5.91. The minimum atomic E-state index is -0.190. The zero-order valence-corrected chi connectivity index (χ0v) is 14.1. The number of hydrogen-bond acceptors (Lipinski definition) is 4. The van der Waals surface area contributed by atoms with E-state index in [9.17, 15) is 9.90 Å². The first-order chi connectivity index (χ1) is 11.4. The second-order valence-electron chi connectivity index (χ2n) is 6.10. The van der Waals surface area contributed by atoms with Crippen molar-refractivity contribution in [2.24, 2.45) is 0 Å². The molecule has 1 aromatic carbocycles. The van der Waals surface area contributed by atoms with Crippen molar-refractivity contribution in [2.45, 2.75) is 19.3 Å². The first-order valence-electron chi connectivity index (χ1n) is 7.66. The lowest BCUT2D eigenvalue weighted by atomic mass is 9.85. The number of hydrogen-bond donors (Lipinski definition) is 2. The van der Waals surface area contributed by atoms with Crippen LogP contribution in [0.15, 0.2) is 48.8 Å². The van der Waals surface area contributed by atoms with Crippen LogP contribution in [0.25, 0.3) is 6.08 Å². The first-order valence-corrected chi connectivity index (χ1v) is 7.66. The highest BCUT2D eigenvalue weighted by Gasteiger charge is 2.20. The van der Waals surface area contributed by atoms with Crippen molar-refractivity contribution >= 4 is 12.0 Å². The van der Waals surface area contributed by atoms with E-state index in [1.165, 1.54) is 13.2 Å². The van der Waals surface area contributed by atoms with E-state index in [-0.39, 0.29) is 17.1 Å². The Bertz CT molecular complexity index is 725. The predicted molar refractivity (Wildman–Crippen MR) is 94.0 cm³/mol. The Labute approximate surface area is 142 Å². The van der Waals surface area contributed by atoms with Gasteiger partial charge in [0.25, 0.3) is 0 Å². The van der Waals surface area contributed by atoms with Gasteiger partial charge in [-0.25, -0.2) is 0 Å². The van der Waals surface area contributed by atoms with Crippen molar-refractivity contribution in [3.8, 4) is 11.5 Å². The summed E-state index contributed by atoms with van der Waals surface area (Å²) in [6.07, 6.45) is 6.59. The first kappa shape index (κ1) is 17.5. The molecule has 1 aromatic heterocycles. The fourth-order valence-electron chi connectivity index (χ4n) is 2.25. The van der Waals surface area contributed by atoms with Crippen molar-refractivity contribution in [3.63, 3.8) is 0 Å². The topological polar surface area (TPSA) is 71.5 Å². The zero-order chi connectivity index (χ0) is 17.6. The molecule has 0 aliphatic heterocycles. The summed E-state index contributed by atoms with van der Waals surface area (Å²) in [7, 11) is 1.49. The fourth-order valence-corrected chi connectivity index (χ4v) is 2.25. The van der Waals surface area contributed by atoms with Gasteiger partial charge in [-0.2, -0.15) is 0 Å². The Balaban J connectivity index is 1.94. The molecule has 0 unspecified atom stereocenters. The van der Waals surface area contributed by atoms with Crippen LogP contribution < -0.4 is 10.1 Å². The zero-order valence-electron chi connectivity index (χ0n) is 14.1. The molecule has 2 N–H and O–H groups in total. The van der Waals surface area contributed by atoms with Crippen LogP contribution in [0.3, 0.4) is 0 Å². The van der Waals surface area contributed by atoms with E-state index >= 15 is 0 Å². The maximum absolute atomic E-state index is 12.0. The van der Waals surface area contributed by atoms with Gasteiger partial charge in [-0.1, -0.05) is 19.9 Å². The van der Waals surface area contributed by atoms with E-state index in [4.69, 9.17) is 4.74 Å². The average Bonchev–Trinajstić information content (AvgIpc) is 2.59. The number of phenols is 1. The number of ether oxygens (including phenoxy) is 1. The quantitative estimate of drug-likeness (QED) is 0.801. The number of carbonyl (C=O) groups is 1. The van der Waals surface area contributed by atoms with Crippen LogP contribution in [-0.2, 0) is 10.2 Å². The van der Waals surface area contributed by atoms with E-state index in [1.54, 1.807) is 36.7 Å². The maximum Gasteiger partial charge on any atom is 0.244 e. The van der Waals surface area contributed by atoms with E-state index in [0.29, 0.717) is 12.3 Å². The molecule has 0 saturated carbocycles. The van der Waals surface area contributed by atoms with Crippen molar-refractivity contribution in [3.05, 3.63) is 59.9 Å². The molecule has 0 saturated heterocycles. The molecule has 0 fully saturated rings. The summed E-state index contributed by atoms with van der Waals surface area (Å²) in [6.45, 7) is 4.63. The molecule has 1 amide bonds. The molecule has 0 aliphatic carbocycles. The average molecular weight is 326 g/mol. The molecule has 0 spiro atoms. The van der Waals surface area contributed by atoms with Crippen LogP contribution in [-0.4, -0.2) is 29.7 Å². The third kappa shape index (κ3) is 4.59. The lowest BCUT2D eigenvalue weighted by molar-refractivity contribution is -0.116.